The zero-order chi connectivity index (χ0) is 9.14. The van der Waals surface area contributed by atoms with Crippen LogP contribution < -0.4 is 0 Å². The SMILES string of the molecule is CCOC(=O)[C@@H]1C[C@H](O)CN1C. The Morgan fingerprint density at radius 3 is 2.83 bits per heavy atom. The minimum atomic E-state index is -0.385. The van der Waals surface area contributed by atoms with E-state index in [1.54, 1.807) is 6.92 Å². The van der Waals surface area contributed by atoms with E-state index >= 15 is 0 Å². The molecule has 1 N–H and O–H groups in total. The van der Waals surface area contributed by atoms with E-state index in [1.807, 2.05) is 11.9 Å². The van der Waals surface area contributed by atoms with Gasteiger partial charge >= 0.3 is 5.97 Å². The summed E-state index contributed by atoms with van der Waals surface area (Å²) in [5, 5.41) is 9.24. The number of ether oxygens (including phenoxy) is 1. The highest BCUT2D eigenvalue weighted by molar-refractivity contribution is 5.76. The number of hydrogen-bond acceptors (Lipinski definition) is 4. The average molecular weight is 173 g/mol. The zero-order valence-electron chi connectivity index (χ0n) is 7.49. The molecule has 0 unspecified atom stereocenters. The fourth-order valence-corrected chi connectivity index (χ4v) is 1.49. The molecule has 2 atom stereocenters. The van der Waals surface area contributed by atoms with Gasteiger partial charge < -0.3 is 9.84 Å². The summed E-state index contributed by atoms with van der Waals surface area (Å²) in [6, 6.07) is -0.250. The lowest BCUT2D eigenvalue weighted by molar-refractivity contribution is -0.148. The maximum atomic E-state index is 11.2. The van der Waals surface area contributed by atoms with Gasteiger partial charge in [0.15, 0.2) is 0 Å². The summed E-state index contributed by atoms with van der Waals surface area (Å²) in [6.07, 6.45) is 0.111. The van der Waals surface area contributed by atoms with Crippen LogP contribution in [0.3, 0.4) is 0 Å². The number of aliphatic hydroxyl groups excluding tert-OH is 1. The van der Waals surface area contributed by atoms with Gasteiger partial charge in [-0.3, -0.25) is 9.69 Å². The third-order valence-corrected chi connectivity index (χ3v) is 2.08. The van der Waals surface area contributed by atoms with Gasteiger partial charge in [0.25, 0.3) is 0 Å². The van der Waals surface area contributed by atoms with Gasteiger partial charge in [0.2, 0.25) is 0 Å². The normalized spacial score (nSPS) is 30.6. The Bertz CT molecular complexity index is 172. The number of β-amino-alcohol motifs (C(OH)–C–C–N with tert-alkyl or cyclic N) is 1. The smallest absolute Gasteiger partial charge is 0.323 e. The molecule has 0 saturated carbocycles. The van der Waals surface area contributed by atoms with E-state index < -0.39 is 0 Å². The highest BCUT2D eigenvalue weighted by Crippen LogP contribution is 2.16. The van der Waals surface area contributed by atoms with E-state index in [9.17, 15) is 9.90 Å². The van der Waals surface area contributed by atoms with Crippen LogP contribution in [0.5, 0.6) is 0 Å². The first-order valence-electron chi connectivity index (χ1n) is 4.20. The van der Waals surface area contributed by atoms with Crippen molar-refractivity contribution in [3.63, 3.8) is 0 Å². The monoisotopic (exact) mass is 173 g/mol. The van der Waals surface area contributed by atoms with E-state index in [0.29, 0.717) is 19.6 Å². The van der Waals surface area contributed by atoms with E-state index in [-0.39, 0.29) is 18.1 Å². The molecule has 1 aliphatic rings. The van der Waals surface area contributed by atoms with Crippen LogP contribution in [-0.4, -0.2) is 48.3 Å². The molecule has 0 aromatic carbocycles. The van der Waals surface area contributed by atoms with Gasteiger partial charge in [-0.15, -0.1) is 0 Å². The number of carbonyl (C=O) groups is 1. The van der Waals surface area contributed by atoms with E-state index in [1.165, 1.54) is 0 Å². The Balaban J connectivity index is 2.46. The van der Waals surface area contributed by atoms with Crippen LogP contribution in [0.2, 0.25) is 0 Å². The van der Waals surface area contributed by atoms with Gasteiger partial charge in [-0.25, -0.2) is 0 Å². The third kappa shape index (κ3) is 1.95. The molecular weight excluding hydrogens is 158 g/mol. The fraction of sp³-hybridized carbons (Fsp3) is 0.875. The highest BCUT2D eigenvalue weighted by Gasteiger charge is 2.34. The number of rotatable bonds is 2. The van der Waals surface area contributed by atoms with Gasteiger partial charge in [0.1, 0.15) is 6.04 Å². The van der Waals surface area contributed by atoms with Crippen molar-refractivity contribution >= 4 is 5.97 Å². The molecule has 0 aromatic rings. The summed E-state index contributed by atoms with van der Waals surface area (Å²) in [6.45, 7) is 2.74. The summed E-state index contributed by atoms with van der Waals surface area (Å²) in [5.41, 5.74) is 0. The van der Waals surface area contributed by atoms with Gasteiger partial charge in [0.05, 0.1) is 12.7 Å². The van der Waals surface area contributed by atoms with Crippen LogP contribution in [0.1, 0.15) is 13.3 Å². The van der Waals surface area contributed by atoms with Gasteiger partial charge in [-0.2, -0.15) is 0 Å². The van der Waals surface area contributed by atoms with Crippen LogP contribution in [0.4, 0.5) is 0 Å². The van der Waals surface area contributed by atoms with Crippen molar-refractivity contribution in [3.05, 3.63) is 0 Å². The predicted molar refractivity (Wildman–Crippen MR) is 43.7 cm³/mol. The molecule has 70 valence electrons. The van der Waals surface area contributed by atoms with E-state index in [0.717, 1.165) is 0 Å². The minimum Gasteiger partial charge on any atom is -0.465 e. The summed E-state index contributed by atoms with van der Waals surface area (Å²) in [5.74, 6) is -0.225. The van der Waals surface area contributed by atoms with Crippen molar-refractivity contribution < 1.29 is 14.6 Å². The van der Waals surface area contributed by atoms with Crippen LogP contribution in [0.15, 0.2) is 0 Å². The number of aliphatic hydroxyl groups is 1. The first kappa shape index (κ1) is 9.48. The largest absolute Gasteiger partial charge is 0.465 e. The number of nitrogens with zero attached hydrogens (tertiary/aromatic N) is 1. The summed E-state index contributed by atoms with van der Waals surface area (Å²) >= 11 is 0. The number of likely N-dealkylation sites (N-methyl/N-ethyl adjacent to an activating group) is 1. The zero-order valence-corrected chi connectivity index (χ0v) is 7.49. The Morgan fingerprint density at radius 2 is 2.42 bits per heavy atom. The van der Waals surface area contributed by atoms with E-state index in [4.69, 9.17) is 4.74 Å². The topological polar surface area (TPSA) is 49.8 Å². The molecule has 1 aliphatic heterocycles. The van der Waals surface area contributed by atoms with Crippen LogP contribution in [0.25, 0.3) is 0 Å². The van der Waals surface area contributed by atoms with Crippen LogP contribution >= 0.6 is 0 Å². The second-order valence-corrected chi connectivity index (χ2v) is 3.10. The second kappa shape index (κ2) is 3.87. The lowest BCUT2D eigenvalue weighted by Gasteiger charge is -2.16. The Morgan fingerprint density at radius 1 is 1.75 bits per heavy atom. The van der Waals surface area contributed by atoms with Crippen molar-refractivity contribution in [2.75, 3.05) is 20.2 Å². The number of carbonyl (C=O) groups excluding carboxylic acids is 1. The molecule has 1 fully saturated rings. The standard InChI is InChI=1S/C8H15NO3/c1-3-12-8(11)7-4-6(10)5-9(7)2/h6-7,10H,3-5H2,1-2H3/t6-,7-/m0/s1. The molecule has 0 aromatic heterocycles. The average Bonchev–Trinajstić information content (AvgIpc) is 2.30. The first-order chi connectivity index (χ1) is 5.65. The van der Waals surface area contributed by atoms with Gasteiger partial charge in [-0.05, 0) is 14.0 Å². The summed E-state index contributed by atoms with van der Waals surface area (Å²) in [4.78, 5) is 13.0. The molecule has 12 heavy (non-hydrogen) atoms. The Kier molecular flexibility index (Phi) is 3.05. The lowest BCUT2D eigenvalue weighted by Crippen LogP contribution is -2.34. The molecule has 4 nitrogen and oxygen atoms in total. The molecule has 4 heteroatoms. The number of hydrogen-bond donors (Lipinski definition) is 1. The van der Waals surface area contributed by atoms with Gasteiger partial charge in [-0.1, -0.05) is 0 Å². The second-order valence-electron chi connectivity index (χ2n) is 3.10. The molecule has 0 radical (unpaired) electrons. The summed E-state index contributed by atoms with van der Waals surface area (Å²) < 4.78 is 4.85. The molecule has 0 aliphatic carbocycles. The number of esters is 1. The Labute approximate surface area is 72.1 Å². The molecule has 0 amide bonds. The summed E-state index contributed by atoms with van der Waals surface area (Å²) in [7, 11) is 1.82. The Hall–Kier alpha value is -0.610. The lowest BCUT2D eigenvalue weighted by atomic mass is 10.2. The maximum Gasteiger partial charge on any atom is 0.323 e. The molecule has 1 rings (SSSR count). The van der Waals surface area contributed by atoms with Crippen molar-refractivity contribution in [2.24, 2.45) is 0 Å². The third-order valence-electron chi connectivity index (χ3n) is 2.08. The number of likely N-dealkylation sites (tertiary alicyclic amines) is 1. The molecule has 0 bridgehead atoms. The molecule has 1 saturated heterocycles. The van der Waals surface area contributed by atoms with Crippen molar-refractivity contribution in [2.45, 2.75) is 25.5 Å². The molecule has 1 heterocycles. The molecule has 0 spiro atoms. The van der Waals surface area contributed by atoms with Crippen LogP contribution in [0, 0.1) is 0 Å². The van der Waals surface area contributed by atoms with Gasteiger partial charge in [0, 0.05) is 13.0 Å². The van der Waals surface area contributed by atoms with Crippen molar-refractivity contribution in [3.8, 4) is 0 Å². The van der Waals surface area contributed by atoms with Crippen molar-refractivity contribution in [1.82, 2.24) is 4.90 Å². The maximum absolute atomic E-state index is 11.2. The fourth-order valence-electron chi connectivity index (χ4n) is 1.49. The van der Waals surface area contributed by atoms with Crippen LogP contribution in [-0.2, 0) is 9.53 Å². The predicted octanol–water partition coefficient (Wildman–Crippen LogP) is -0.386. The molecular formula is C8H15NO3. The first-order valence-corrected chi connectivity index (χ1v) is 4.20. The minimum absolute atomic E-state index is 0.225. The quantitative estimate of drug-likeness (QED) is 0.578. The highest BCUT2D eigenvalue weighted by atomic mass is 16.5. The van der Waals surface area contributed by atoms with Crippen molar-refractivity contribution in [1.29, 1.82) is 0 Å². The van der Waals surface area contributed by atoms with E-state index in [2.05, 4.69) is 0 Å².